The lowest BCUT2D eigenvalue weighted by molar-refractivity contribution is -0.203. The van der Waals surface area contributed by atoms with Crippen LogP contribution in [0, 0.1) is 18.3 Å². The quantitative estimate of drug-likeness (QED) is 0.204. The Morgan fingerprint density at radius 1 is 1.07 bits per heavy atom. The van der Waals surface area contributed by atoms with E-state index in [9.17, 15) is 25.2 Å². The molecule has 0 radical (unpaired) electrons. The van der Waals surface area contributed by atoms with Crippen molar-refractivity contribution in [2.24, 2.45) is 11.3 Å². The van der Waals surface area contributed by atoms with E-state index in [1.165, 1.54) is 22.2 Å². The number of carbonyl (C=O) groups excluding carboxylic acids is 3. The molecule has 1 spiro atoms. The summed E-state index contributed by atoms with van der Waals surface area (Å²) in [5.41, 5.74) is 3.37. The highest BCUT2D eigenvalue weighted by molar-refractivity contribution is 5.90. The molecule has 6 aliphatic rings. The molecule has 9 rings (SSSR count). The molecule has 6 N–H and O–H groups in total. The van der Waals surface area contributed by atoms with Gasteiger partial charge in [0.1, 0.15) is 6.10 Å². The maximum absolute atomic E-state index is 14.5. The van der Waals surface area contributed by atoms with Crippen molar-refractivity contribution in [3.8, 4) is 0 Å². The van der Waals surface area contributed by atoms with E-state index in [1.54, 1.807) is 6.92 Å². The summed E-state index contributed by atoms with van der Waals surface area (Å²) in [6.45, 7) is 14.5. The standard InChI is InChI=1S/C45H61N5O5.CO2/c1-7-42(54)23-29-22-41(5,36-31(14-18-49(25-29)26-42)30-12-9-10-13-34(30)47-36)32-21-33-35(20-27(32)3)48(6)38-44(33)16-19-50-17-11-15-43(8-2,37(44)50)39(52)45(38,55)40(53)46-24-28(4)51;2-1-3/h9-13,15,20-21,28-29,37-39,47,51-52,54-55H,7-8,14,16-19,22-26H2,1-6H3,(H,46,53);/t28-,29-,37?,38?,39+,41+,42?,43+,44?,45-;/m0./s1. The van der Waals surface area contributed by atoms with Crippen LogP contribution in [-0.2, 0) is 31.6 Å². The van der Waals surface area contributed by atoms with Gasteiger partial charge in [0.2, 0.25) is 0 Å². The molecule has 3 fully saturated rings. The molecular formula is C46H61N5O7. The number of anilines is 1. The Kier molecular flexibility index (Phi) is 10.2. The van der Waals surface area contributed by atoms with E-state index in [0.29, 0.717) is 13.0 Å². The predicted molar refractivity (Wildman–Crippen MR) is 220 cm³/mol. The maximum atomic E-state index is 14.5. The Bertz CT molecular complexity index is 2160. The summed E-state index contributed by atoms with van der Waals surface area (Å²) in [6, 6.07) is 12.5. The van der Waals surface area contributed by atoms with E-state index in [4.69, 9.17) is 9.59 Å². The fraction of sp³-hybridized carbons (Fsp3) is 0.609. The molecule has 2 saturated heterocycles. The van der Waals surface area contributed by atoms with Crippen molar-refractivity contribution in [1.29, 1.82) is 0 Å². The number of nitrogens with zero attached hydrogens (tertiary/aromatic N) is 3. The number of benzene rings is 2. The SMILES string of the molecule is CCC1(O)C[C@H]2CN(CCc3c([nH]c4ccccc34)[C@@](C)(c3cc4c(cc3C)N(C)C3C45CCN4CC=C[C@](CC)(C45)[C@@H](O)[C@]3(O)C(=O)NC[C@H](C)O)C2)C1.O=C=O. The molecule has 2 bridgehead atoms. The minimum atomic E-state index is -2.16. The molecule has 12 nitrogen and oxygen atoms in total. The summed E-state index contributed by atoms with van der Waals surface area (Å²) in [6.07, 6.45) is 6.81. The van der Waals surface area contributed by atoms with Gasteiger partial charge in [-0.15, -0.1) is 0 Å². The number of H-pyrrole nitrogens is 1. The van der Waals surface area contributed by atoms with Gasteiger partial charge in [0.25, 0.3) is 5.91 Å². The largest absolute Gasteiger partial charge is 0.392 e. The first kappa shape index (κ1) is 40.9. The zero-order chi connectivity index (χ0) is 41.6. The van der Waals surface area contributed by atoms with Crippen molar-refractivity contribution >= 4 is 28.6 Å². The zero-order valence-electron chi connectivity index (χ0n) is 34.8. The van der Waals surface area contributed by atoms with Crippen LogP contribution in [0.2, 0.25) is 0 Å². The Balaban J connectivity index is 0.00000152. The molecule has 312 valence electrons. The third kappa shape index (κ3) is 5.66. The van der Waals surface area contributed by atoms with E-state index >= 15 is 0 Å². The van der Waals surface area contributed by atoms with Gasteiger partial charge >= 0.3 is 6.15 Å². The van der Waals surface area contributed by atoms with Gasteiger partial charge in [-0.1, -0.05) is 50.3 Å². The number of piperidine rings is 1. The predicted octanol–water partition coefficient (Wildman–Crippen LogP) is 3.31. The lowest BCUT2D eigenvalue weighted by atomic mass is 9.47. The second-order valence-electron chi connectivity index (χ2n) is 18.8. The highest BCUT2D eigenvalue weighted by atomic mass is 16.4. The summed E-state index contributed by atoms with van der Waals surface area (Å²) in [5.74, 6) is -0.366. The summed E-state index contributed by atoms with van der Waals surface area (Å²) < 4.78 is 0. The van der Waals surface area contributed by atoms with Crippen LogP contribution < -0.4 is 10.2 Å². The van der Waals surface area contributed by atoms with Crippen LogP contribution >= 0.6 is 0 Å². The summed E-state index contributed by atoms with van der Waals surface area (Å²) in [5, 5.41) is 51.9. The van der Waals surface area contributed by atoms with Crippen LogP contribution in [0.3, 0.4) is 0 Å². The third-order valence-corrected chi connectivity index (χ3v) is 15.6. The van der Waals surface area contributed by atoms with Crippen molar-refractivity contribution in [2.45, 2.75) is 119 Å². The summed E-state index contributed by atoms with van der Waals surface area (Å²) in [4.78, 5) is 41.8. The number of amides is 1. The number of aromatic nitrogens is 1. The first-order valence-corrected chi connectivity index (χ1v) is 21.3. The Morgan fingerprint density at radius 2 is 1.81 bits per heavy atom. The average Bonchev–Trinajstić information content (AvgIpc) is 3.85. The van der Waals surface area contributed by atoms with Crippen LogP contribution in [-0.4, -0.2) is 129 Å². The topological polar surface area (TPSA) is 170 Å². The Hall–Kier alpha value is -3.87. The number of aromatic amines is 1. The van der Waals surface area contributed by atoms with E-state index in [1.807, 2.05) is 7.05 Å². The van der Waals surface area contributed by atoms with Gasteiger partial charge in [-0.25, -0.2) is 0 Å². The highest BCUT2D eigenvalue weighted by Gasteiger charge is 2.78. The minimum absolute atomic E-state index is 0.0189. The number of likely N-dealkylation sites (N-methyl/N-ethyl adjacent to an activating group) is 1. The van der Waals surface area contributed by atoms with Gasteiger partial charge in [0.05, 0.1) is 17.7 Å². The summed E-state index contributed by atoms with van der Waals surface area (Å²) in [7, 11) is 1.98. The number of aliphatic hydroxyl groups is 4. The number of rotatable bonds is 6. The fourth-order valence-corrected chi connectivity index (χ4v) is 13.4. The molecule has 3 aromatic rings. The molecule has 1 aliphatic carbocycles. The van der Waals surface area contributed by atoms with Crippen LogP contribution in [0.4, 0.5) is 5.69 Å². The van der Waals surface area contributed by atoms with E-state index < -0.39 is 51.6 Å². The second-order valence-corrected chi connectivity index (χ2v) is 18.8. The van der Waals surface area contributed by atoms with Crippen LogP contribution in [0.25, 0.3) is 10.9 Å². The number of nitrogens with one attached hydrogen (secondary N) is 2. The van der Waals surface area contributed by atoms with E-state index in [2.05, 4.69) is 101 Å². The van der Waals surface area contributed by atoms with Gasteiger partial charge in [-0.2, -0.15) is 9.59 Å². The highest BCUT2D eigenvalue weighted by Crippen LogP contribution is 2.67. The maximum Gasteiger partial charge on any atom is 0.373 e. The van der Waals surface area contributed by atoms with Crippen LogP contribution in [0.1, 0.15) is 87.7 Å². The smallest absolute Gasteiger partial charge is 0.373 e. The number of aliphatic hydroxyl groups excluding tert-OH is 2. The number of hydrogen-bond acceptors (Lipinski definition) is 10. The molecule has 5 unspecified atom stereocenters. The van der Waals surface area contributed by atoms with Crippen molar-refractivity contribution in [2.75, 3.05) is 51.2 Å². The lowest BCUT2D eigenvalue weighted by Gasteiger charge is -2.63. The molecule has 58 heavy (non-hydrogen) atoms. The number of para-hydroxylation sites is 1. The summed E-state index contributed by atoms with van der Waals surface area (Å²) >= 11 is 0. The Labute approximate surface area is 341 Å². The van der Waals surface area contributed by atoms with E-state index in [0.717, 1.165) is 80.6 Å². The molecule has 1 aromatic heterocycles. The normalized spacial score (nSPS) is 37.8. The number of fused-ring (bicyclic) bond motifs is 6. The second kappa shape index (κ2) is 14.4. The molecule has 11 atom stereocenters. The van der Waals surface area contributed by atoms with E-state index in [-0.39, 0.29) is 24.7 Å². The lowest BCUT2D eigenvalue weighted by Crippen LogP contribution is -2.81. The fourth-order valence-electron chi connectivity index (χ4n) is 13.4. The van der Waals surface area contributed by atoms with Gasteiger partial charge in [-0.05, 0) is 106 Å². The molecule has 1 amide bonds. The van der Waals surface area contributed by atoms with Gasteiger partial charge in [0, 0.05) is 84.3 Å². The van der Waals surface area contributed by atoms with Crippen molar-refractivity contribution in [1.82, 2.24) is 20.1 Å². The number of hydrogen-bond donors (Lipinski definition) is 6. The molecule has 2 aromatic carbocycles. The number of aryl methyl sites for hydroxylation is 1. The van der Waals surface area contributed by atoms with Crippen LogP contribution in [0.15, 0.2) is 48.6 Å². The van der Waals surface area contributed by atoms with Crippen LogP contribution in [0.5, 0.6) is 0 Å². The van der Waals surface area contributed by atoms with Gasteiger partial charge < -0.3 is 35.6 Å². The molecule has 5 aliphatic heterocycles. The molecule has 1 saturated carbocycles. The monoisotopic (exact) mass is 795 g/mol. The molecule has 12 heteroatoms. The van der Waals surface area contributed by atoms with Crippen molar-refractivity contribution in [3.05, 3.63) is 76.5 Å². The molecule has 6 heterocycles. The van der Waals surface area contributed by atoms with Crippen molar-refractivity contribution in [3.63, 3.8) is 0 Å². The third-order valence-electron chi connectivity index (χ3n) is 15.6. The molecular weight excluding hydrogens is 735 g/mol. The van der Waals surface area contributed by atoms with Crippen molar-refractivity contribution < 1.29 is 34.8 Å². The first-order valence-electron chi connectivity index (χ1n) is 21.3. The Morgan fingerprint density at radius 3 is 2.52 bits per heavy atom. The zero-order valence-corrected chi connectivity index (χ0v) is 34.8. The van der Waals surface area contributed by atoms with Gasteiger partial charge in [-0.3, -0.25) is 14.6 Å². The average molecular weight is 796 g/mol. The number of carbonyl (C=O) groups is 1. The minimum Gasteiger partial charge on any atom is -0.392 e. The first-order chi connectivity index (χ1) is 27.6. The van der Waals surface area contributed by atoms with Gasteiger partial charge in [0.15, 0.2) is 5.60 Å².